The normalized spacial score (nSPS) is 32.4. The average molecular weight is 172 g/mol. The Labute approximate surface area is 73.2 Å². The first-order valence-electron chi connectivity index (χ1n) is 4.00. The van der Waals surface area contributed by atoms with Gasteiger partial charge in [-0.2, -0.15) is 11.8 Å². The second-order valence-corrected chi connectivity index (χ2v) is 4.12. The summed E-state index contributed by atoms with van der Waals surface area (Å²) in [7, 11) is 1.80. The van der Waals surface area contributed by atoms with Gasteiger partial charge in [-0.15, -0.1) is 0 Å². The molecule has 0 aromatic carbocycles. The van der Waals surface area contributed by atoms with Crippen molar-refractivity contribution in [3.63, 3.8) is 0 Å². The maximum atomic E-state index is 5.38. The van der Waals surface area contributed by atoms with Gasteiger partial charge < -0.3 is 4.74 Å². The summed E-state index contributed by atoms with van der Waals surface area (Å²) >= 11 is 1.91. The first-order chi connectivity index (χ1) is 5.27. The maximum absolute atomic E-state index is 5.38. The first-order valence-corrected chi connectivity index (χ1v) is 5.29. The van der Waals surface area contributed by atoms with Crippen LogP contribution in [0.25, 0.3) is 0 Å². The standard InChI is InChI=1S/C9H16OS/c1-7-4-5-9(11-3)8(6-7)10-2/h8-9H,1,4-6H2,2-3H3. The quantitative estimate of drug-likeness (QED) is 0.592. The Morgan fingerprint density at radius 1 is 1.64 bits per heavy atom. The highest BCUT2D eigenvalue weighted by molar-refractivity contribution is 7.99. The van der Waals surface area contributed by atoms with Gasteiger partial charge in [0.05, 0.1) is 6.10 Å². The first kappa shape index (κ1) is 9.14. The van der Waals surface area contributed by atoms with Crippen molar-refractivity contribution < 1.29 is 4.74 Å². The molecule has 0 bridgehead atoms. The Morgan fingerprint density at radius 3 is 2.91 bits per heavy atom. The fourth-order valence-corrected chi connectivity index (χ4v) is 2.42. The van der Waals surface area contributed by atoms with Crippen LogP contribution in [0.4, 0.5) is 0 Å². The van der Waals surface area contributed by atoms with Crippen LogP contribution in [0.5, 0.6) is 0 Å². The van der Waals surface area contributed by atoms with E-state index in [9.17, 15) is 0 Å². The van der Waals surface area contributed by atoms with Crippen LogP contribution in [0, 0.1) is 0 Å². The van der Waals surface area contributed by atoms with Crippen molar-refractivity contribution in [2.24, 2.45) is 0 Å². The molecule has 0 radical (unpaired) electrons. The van der Waals surface area contributed by atoms with Crippen LogP contribution in [0.1, 0.15) is 19.3 Å². The molecular formula is C9H16OS. The largest absolute Gasteiger partial charge is 0.380 e. The Kier molecular flexibility index (Phi) is 3.46. The van der Waals surface area contributed by atoms with E-state index in [0.29, 0.717) is 11.4 Å². The Bertz CT molecular complexity index is 144. The molecule has 1 nitrogen and oxygen atoms in total. The molecule has 2 atom stereocenters. The number of hydrogen-bond donors (Lipinski definition) is 0. The van der Waals surface area contributed by atoms with Gasteiger partial charge in [-0.1, -0.05) is 12.2 Å². The minimum absolute atomic E-state index is 0.409. The van der Waals surface area contributed by atoms with Gasteiger partial charge in [0.1, 0.15) is 0 Å². The smallest absolute Gasteiger partial charge is 0.0726 e. The zero-order valence-corrected chi connectivity index (χ0v) is 8.12. The lowest BCUT2D eigenvalue weighted by molar-refractivity contribution is 0.0904. The highest BCUT2D eigenvalue weighted by atomic mass is 32.2. The summed E-state index contributed by atoms with van der Waals surface area (Å²) in [5.41, 5.74) is 1.35. The van der Waals surface area contributed by atoms with Crippen molar-refractivity contribution in [2.45, 2.75) is 30.6 Å². The third kappa shape index (κ3) is 2.24. The molecule has 0 N–H and O–H groups in total. The second-order valence-electron chi connectivity index (χ2n) is 3.04. The highest BCUT2D eigenvalue weighted by Crippen LogP contribution is 2.31. The molecule has 1 aliphatic rings. The van der Waals surface area contributed by atoms with Gasteiger partial charge in [-0.05, 0) is 25.5 Å². The molecule has 0 amide bonds. The van der Waals surface area contributed by atoms with Crippen molar-refractivity contribution in [1.82, 2.24) is 0 Å². The van der Waals surface area contributed by atoms with E-state index in [0.717, 1.165) is 6.42 Å². The molecule has 2 heteroatoms. The highest BCUT2D eigenvalue weighted by Gasteiger charge is 2.25. The van der Waals surface area contributed by atoms with E-state index >= 15 is 0 Å². The monoisotopic (exact) mass is 172 g/mol. The van der Waals surface area contributed by atoms with Crippen molar-refractivity contribution in [1.29, 1.82) is 0 Å². The molecular weight excluding hydrogens is 156 g/mol. The molecule has 11 heavy (non-hydrogen) atoms. The van der Waals surface area contributed by atoms with Crippen molar-refractivity contribution >= 4 is 11.8 Å². The molecule has 1 aliphatic carbocycles. The van der Waals surface area contributed by atoms with Gasteiger partial charge in [0.2, 0.25) is 0 Å². The molecule has 0 aromatic rings. The lowest BCUT2D eigenvalue weighted by Gasteiger charge is -2.30. The van der Waals surface area contributed by atoms with Crippen molar-refractivity contribution in [3.05, 3.63) is 12.2 Å². The molecule has 1 fully saturated rings. The summed E-state index contributed by atoms with van der Waals surface area (Å²) in [4.78, 5) is 0. The minimum atomic E-state index is 0.409. The molecule has 1 saturated carbocycles. The summed E-state index contributed by atoms with van der Waals surface area (Å²) in [6.45, 7) is 3.99. The molecule has 1 rings (SSSR count). The van der Waals surface area contributed by atoms with E-state index in [1.54, 1.807) is 7.11 Å². The maximum Gasteiger partial charge on any atom is 0.0726 e. The van der Waals surface area contributed by atoms with Gasteiger partial charge in [0, 0.05) is 12.4 Å². The molecule has 0 heterocycles. The zero-order valence-electron chi connectivity index (χ0n) is 7.30. The van der Waals surface area contributed by atoms with Crippen molar-refractivity contribution in [2.75, 3.05) is 13.4 Å². The van der Waals surface area contributed by atoms with Crippen LogP contribution in [0.3, 0.4) is 0 Å². The molecule has 64 valence electrons. The number of ether oxygens (including phenoxy) is 1. The second kappa shape index (κ2) is 4.17. The van der Waals surface area contributed by atoms with Crippen LogP contribution in [-0.2, 0) is 4.74 Å². The SMILES string of the molecule is C=C1CCC(SC)C(OC)C1. The van der Waals surface area contributed by atoms with Gasteiger partial charge >= 0.3 is 0 Å². The number of methoxy groups -OCH3 is 1. The van der Waals surface area contributed by atoms with Gasteiger partial charge in [-0.3, -0.25) is 0 Å². The molecule has 0 aromatic heterocycles. The molecule has 0 saturated heterocycles. The topological polar surface area (TPSA) is 9.23 Å². The average Bonchev–Trinajstić information content (AvgIpc) is 2.04. The van der Waals surface area contributed by atoms with E-state index in [2.05, 4.69) is 12.8 Å². The lowest BCUT2D eigenvalue weighted by Crippen LogP contribution is -2.29. The number of hydrogen-bond acceptors (Lipinski definition) is 2. The van der Waals surface area contributed by atoms with Crippen LogP contribution in [0.2, 0.25) is 0 Å². The number of thioether (sulfide) groups is 1. The predicted molar refractivity (Wildman–Crippen MR) is 51.1 cm³/mol. The van der Waals surface area contributed by atoms with Crippen LogP contribution < -0.4 is 0 Å². The molecule has 0 spiro atoms. The Hall–Kier alpha value is 0.0500. The lowest BCUT2D eigenvalue weighted by atomic mass is 9.93. The molecule has 0 aliphatic heterocycles. The zero-order chi connectivity index (χ0) is 8.27. The van der Waals surface area contributed by atoms with Crippen LogP contribution in [0.15, 0.2) is 12.2 Å². The van der Waals surface area contributed by atoms with E-state index in [1.807, 2.05) is 11.8 Å². The van der Waals surface area contributed by atoms with E-state index < -0.39 is 0 Å². The van der Waals surface area contributed by atoms with E-state index in [4.69, 9.17) is 4.74 Å². The van der Waals surface area contributed by atoms with Gasteiger partial charge in [0.25, 0.3) is 0 Å². The fourth-order valence-electron chi connectivity index (χ4n) is 1.56. The predicted octanol–water partition coefficient (Wildman–Crippen LogP) is 2.47. The minimum Gasteiger partial charge on any atom is -0.380 e. The van der Waals surface area contributed by atoms with E-state index in [-0.39, 0.29) is 0 Å². The van der Waals surface area contributed by atoms with Gasteiger partial charge in [0.15, 0.2) is 0 Å². The van der Waals surface area contributed by atoms with Crippen LogP contribution >= 0.6 is 11.8 Å². The number of rotatable bonds is 2. The van der Waals surface area contributed by atoms with Crippen molar-refractivity contribution in [3.8, 4) is 0 Å². The third-order valence-corrected chi connectivity index (χ3v) is 3.44. The van der Waals surface area contributed by atoms with Gasteiger partial charge in [-0.25, -0.2) is 0 Å². The summed E-state index contributed by atoms with van der Waals surface area (Å²) in [5.74, 6) is 0. The fraction of sp³-hybridized carbons (Fsp3) is 0.778. The summed E-state index contributed by atoms with van der Waals surface area (Å²) < 4.78 is 5.38. The summed E-state index contributed by atoms with van der Waals surface area (Å²) in [5, 5.41) is 0.686. The Morgan fingerprint density at radius 2 is 2.36 bits per heavy atom. The third-order valence-electron chi connectivity index (χ3n) is 2.29. The summed E-state index contributed by atoms with van der Waals surface area (Å²) in [6.07, 6.45) is 6.04. The van der Waals surface area contributed by atoms with E-state index in [1.165, 1.54) is 18.4 Å². The summed E-state index contributed by atoms with van der Waals surface area (Å²) in [6, 6.07) is 0. The molecule has 2 unspecified atom stereocenters. The Balaban J connectivity index is 2.48. The van der Waals surface area contributed by atoms with Crippen LogP contribution in [-0.4, -0.2) is 24.7 Å².